The lowest BCUT2D eigenvalue weighted by atomic mass is 10.1. The molecule has 14 heavy (non-hydrogen) atoms. The van der Waals surface area contributed by atoms with Crippen molar-refractivity contribution in [2.75, 3.05) is 0 Å². The molecule has 2 aromatic rings. The van der Waals surface area contributed by atoms with Crippen molar-refractivity contribution in [3.05, 3.63) is 32.2 Å². The molecule has 0 amide bonds. The standard InChI is InChI=1S/C11H10ClIS/c1-2-7-5-8(6-12)11-9(10(7)13)3-4-14-11/h3-5H,2,6H2,1H3. The third-order valence-electron chi connectivity index (χ3n) is 2.35. The van der Waals surface area contributed by atoms with Crippen molar-refractivity contribution in [2.45, 2.75) is 19.2 Å². The normalized spacial score (nSPS) is 11.1. The van der Waals surface area contributed by atoms with Gasteiger partial charge >= 0.3 is 0 Å². The highest BCUT2D eigenvalue weighted by molar-refractivity contribution is 14.1. The molecule has 0 spiro atoms. The van der Waals surface area contributed by atoms with Gasteiger partial charge in [-0.05, 0) is 51.6 Å². The summed E-state index contributed by atoms with van der Waals surface area (Å²) in [5.41, 5.74) is 2.68. The van der Waals surface area contributed by atoms with Gasteiger partial charge in [-0.15, -0.1) is 22.9 Å². The highest BCUT2D eigenvalue weighted by atomic mass is 127. The first-order valence-corrected chi connectivity index (χ1v) is 7.00. The van der Waals surface area contributed by atoms with Gasteiger partial charge in [-0.25, -0.2) is 0 Å². The van der Waals surface area contributed by atoms with Crippen LogP contribution in [0.15, 0.2) is 17.5 Å². The highest BCUT2D eigenvalue weighted by Gasteiger charge is 2.09. The van der Waals surface area contributed by atoms with Crippen molar-refractivity contribution in [3.8, 4) is 0 Å². The minimum absolute atomic E-state index is 0.612. The topological polar surface area (TPSA) is 0 Å². The van der Waals surface area contributed by atoms with Gasteiger partial charge in [0.2, 0.25) is 0 Å². The molecule has 0 fully saturated rings. The van der Waals surface area contributed by atoms with Crippen molar-refractivity contribution in [1.29, 1.82) is 0 Å². The van der Waals surface area contributed by atoms with E-state index in [1.54, 1.807) is 11.3 Å². The summed E-state index contributed by atoms with van der Waals surface area (Å²) in [5, 5.41) is 3.51. The number of fused-ring (bicyclic) bond motifs is 1. The Labute approximate surface area is 106 Å². The van der Waals surface area contributed by atoms with Gasteiger partial charge in [-0.2, -0.15) is 0 Å². The molecular formula is C11H10ClIS. The zero-order valence-electron chi connectivity index (χ0n) is 7.81. The van der Waals surface area contributed by atoms with Gasteiger partial charge in [0.15, 0.2) is 0 Å². The Bertz CT molecular complexity index is 462. The van der Waals surface area contributed by atoms with E-state index in [2.05, 4.69) is 47.0 Å². The minimum Gasteiger partial charge on any atom is -0.143 e. The van der Waals surface area contributed by atoms with Crippen LogP contribution >= 0.6 is 45.5 Å². The zero-order valence-corrected chi connectivity index (χ0v) is 11.5. The van der Waals surface area contributed by atoms with Gasteiger partial charge in [0, 0.05) is 19.5 Å². The number of alkyl halides is 1. The molecule has 0 aliphatic carbocycles. The van der Waals surface area contributed by atoms with Crippen molar-refractivity contribution in [1.82, 2.24) is 0 Å². The first kappa shape index (κ1) is 10.7. The van der Waals surface area contributed by atoms with Gasteiger partial charge in [-0.1, -0.05) is 13.0 Å². The van der Waals surface area contributed by atoms with Gasteiger partial charge in [0.25, 0.3) is 0 Å². The molecule has 0 aliphatic heterocycles. The van der Waals surface area contributed by atoms with Gasteiger partial charge < -0.3 is 0 Å². The number of rotatable bonds is 2. The summed E-state index contributed by atoms with van der Waals surface area (Å²) in [6.07, 6.45) is 1.08. The van der Waals surface area contributed by atoms with Crippen LogP contribution < -0.4 is 0 Å². The summed E-state index contributed by atoms with van der Waals surface area (Å²) in [6, 6.07) is 4.44. The first-order valence-electron chi connectivity index (χ1n) is 4.51. The Balaban J connectivity index is 2.80. The average molecular weight is 337 g/mol. The Hall–Kier alpha value is 0.200. The number of aryl methyl sites for hydroxylation is 1. The van der Waals surface area contributed by atoms with E-state index in [0.29, 0.717) is 5.88 Å². The first-order chi connectivity index (χ1) is 6.77. The summed E-state index contributed by atoms with van der Waals surface area (Å²) >= 11 is 10.2. The minimum atomic E-state index is 0.612. The lowest BCUT2D eigenvalue weighted by Crippen LogP contribution is -1.90. The van der Waals surface area contributed by atoms with Crippen LogP contribution in [-0.2, 0) is 12.3 Å². The molecule has 2 rings (SSSR count). The van der Waals surface area contributed by atoms with Crippen molar-refractivity contribution >= 4 is 55.6 Å². The second kappa shape index (κ2) is 4.37. The van der Waals surface area contributed by atoms with E-state index in [9.17, 15) is 0 Å². The molecule has 1 aromatic carbocycles. The van der Waals surface area contributed by atoms with E-state index in [4.69, 9.17) is 11.6 Å². The SMILES string of the molecule is CCc1cc(CCl)c2sccc2c1I. The number of hydrogen-bond donors (Lipinski definition) is 0. The molecule has 0 saturated carbocycles. The highest BCUT2D eigenvalue weighted by Crippen LogP contribution is 2.32. The smallest absolute Gasteiger partial charge is 0.0488 e. The van der Waals surface area contributed by atoms with Crippen LogP contribution in [0.2, 0.25) is 0 Å². The molecule has 0 radical (unpaired) electrons. The summed E-state index contributed by atoms with van der Waals surface area (Å²) in [6.45, 7) is 2.19. The summed E-state index contributed by atoms with van der Waals surface area (Å²) in [4.78, 5) is 0. The van der Waals surface area contributed by atoms with Gasteiger partial charge in [0.1, 0.15) is 0 Å². The van der Waals surface area contributed by atoms with E-state index < -0.39 is 0 Å². The predicted octanol–water partition coefficient (Wildman–Crippen LogP) is 4.81. The van der Waals surface area contributed by atoms with E-state index >= 15 is 0 Å². The van der Waals surface area contributed by atoms with Crippen molar-refractivity contribution in [2.24, 2.45) is 0 Å². The van der Waals surface area contributed by atoms with Crippen LogP contribution in [0.4, 0.5) is 0 Å². The fraction of sp³-hybridized carbons (Fsp3) is 0.273. The molecular weight excluding hydrogens is 327 g/mol. The van der Waals surface area contributed by atoms with E-state index in [-0.39, 0.29) is 0 Å². The van der Waals surface area contributed by atoms with E-state index in [0.717, 1.165) is 6.42 Å². The van der Waals surface area contributed by atoms with Crippen LogP contribution in [-0.4, -0.2) is 0 Å². The number of halogens is 2. The zero-order chi connectivity index (χ0) is 10.1. The van der Waals surface area contributed by atoms with Crippen LogP contribution in [0.5, 0.6) is 0 Å². The Kier molecular flexibility index (Phi) is 3.34. The quantitative estimate of drug-likeness (QED) is 0.545. The number of thiophene rings is 1. The molecule has 0 N–H and O–H groups in total. The lowest BCUT2D eigenvalue weighted by Gasteiger charge is -2.06. The maximum absolute atomic E-state index is 5.95. The molecule has 1 heterocycles. The van der Waals surface area contributed by atoms with Gasteiger partial charge in [-0.3, -0.25) is 0 Å². The van der Waals surface area contributed by atoms with Crippen LogP contribution in [0.3, 0.4) is 0 Å². The molecule has 0 nitrogen and oxygen atoms in total. The van der Waals surface area contributed by atoms with E-state index in [1.807, 2.05) is 0 Å². The fourth-order valence-corrected chi connectivity index (χ4v) is 3.98. The van der Waals surface area contributed by atoms with Gasteiger partial charge in [0.05, 0.1) is 0 Å². The summed E-state index contributed by atoms with van der Waals surface area (Å²) in [5.74, 6) is 0.612. The van der Waals surface area contributed by atoms with Crippen LogP contribution in [0, 0.1) is 3.57 Å². The lowest BCUT2D eigenvalue weighted by molar-refractivity contribution is 1.13. The number of benzene rings is 1. The predicted molar refractivity (Wildman–Crippen MR) is 73.5 cm³/mol. The Morgan fingerprint density at radius 3 is 2.86 bits per heavy atom. The second-order valence-corrected chi connectivity index (χ2v) is 5.42. The maximum Gasteiger partial charge on any atom is 0.0488 e. The van der Waals surface area contributed by atoms with Crippen LogP contribution in [0.1, 0.15) is 18.1 Å². The molecule has 0 aliphatic rings. The molecule has 0 bridgehead atoms. The summed E-state index contributed by atoms with van der Waals surface area (Å²) in [7, 11) is 0. The molecule has 0 unspecified atom stereocenters. The summed E-state index contributed by atoms with van der Waals surface area (Å²) < 4.78 is 2.73. The number of hydrogen-bond acceptors (Lipinski definition) is 1. The molecule has 74 valence electrons. The van der Waals surface area contributed by atoms with Crippen molar-refractivity contribution < 1.29 is 0 Å². The fourth-order valence-electron chi connectivity index (χ4n) is 1.60. The molecule has 3 heteroatoms. The largest absolute Gasteiger partial charge is 0.143 e. The average Bonchev–Trinajstić information content (AvgIpc) is 2.68. The molecule has 1 aromatic heterocycles. The Morgan fingerprint density at radius 2 is 2.21 bits per heavy atom. The maximum atomic E-state index is 5.95. The van der Waals surface area contributed by atoms with Crippen LogP contribution in [0.25, 0.3) is 10.1 Å². The third kappa shape index (κ3) is 1.68. The Morgan fingerprint density at radius 1 is 1.43 bits per heavy atom. The molecule has 0 atom stereocenters. The van der Waals surface area contributed by atoms with Crippen molar-refractivity contribution in [3.63, 3.8) is 0 Å². The molecule has 0 saturated heterocycles. The monoisotopic (exact) mass is 336 g/mol. The van der Waals surface area contributed by atoms with E-state index in [1.165, 1.54) is 24.8 Å². The third-order valence-corrected chi connectivity index (χ3v) is 4.90. The second-order valence-electron chi connectivity index (χ2n) is 3.16.